The third-order valence-electron chi connectivity index (χ3n) is 2.95. The van der Waals surface area contributed by atoms with Crippen LogP contribution in [-0.4, -0.2) is 24.2 Å². The Kier molecular flexibility index (Phi) is 4.77. The zero-order chi connectivity index (χ0) is 11.1. The lowest BCUT2D eigenvalue weighted by Crippen LogP contribution is -2.25. The van der Waals surface area contributed by atoms with E-state index in [9.17, 15) is 0 Å². The Balaban J connectivity index is 1.58. The van der Waals surface area contributed by atoms with Crippen LogP contribution in [0.2, 0.25) is 0 Å². The van der Waals surface area contributed by atoms with E-state index in [1.165, 1.54) is 19.3 Å². The van der Waals surface area contributed by atoms with Crippen LogP contribution in [0, 0.1) is 0 Å². The van der Waals surface area contributed by atoms with Crippen molar-refractivity contribution in [2.75, 3.05) is 13.2 Å². The van der Waals surface area contributed by atoms with Gasteiger partial charge >= 0.3 is 0 Å². The Bertz CT molecular complexity index is 283. The lowest BCUT2D eigenvalue weighted by Gasteiger charge is -2.22. The lowest BCUT2D eigenvalue weighted by atomic mass is 10.1. The standard InChI is InChI=1S/C13H20N2O/c1-3-8-15-12(5-1)11-14-9-7-13-6-2-4-10-16-13/h1,3,5,8,13-14H,2,4,6-7,9-11H2. The molecule has 0 saturated carbocycles. The van der Waals surface area contributed by atoms with Gasteiger partial charge in [0, 0.05) is 19.3 Å². The molecule has 3 heteroatoms. The van der Waals surface area contributed by atoms with Crippen molar-refractivity contribution >= 4 is 0 Å². The van der Waals surface area contributed by atoms with Crippen LogP contribution in [0.1, 0.15) is 31.4 Å². The summed E-state index contributed by atoms with van der Waals surface area (Å²) in [6.07, 6.45) is 7.22. The number of ether oxygens (including phenoxy) is 1. The highest BCUT2D eigenvalue weighted by molar-refractivity contribution is 5.02. The van der Waals surface area contributed by atoms with Gasteiger partial charge in [-0.2, -0.15) is 0 Å². The van der Waals surface area contributed by atoms with Crippen molar-refractivity contribution in [2.24, 2.45) is 0 Å². The highest BCUT2D eigenvalue weighted by Gasteiger charge is 2.12. The molecule has 0 spiro atoms. The second-order valence-corrected chi connectivity index (χ2v) is 4.28. The second kappa shape index (κ2) is 6.61. The van der Waals surface area contributed by atoms with Crippen LogP contribution in [0.4, 0.5) is 0 Å². The molecule has 2 rings (SSSR count). The van der Waals surface area contributed by atoms with Gasteiger partial charge in [0.1, 0.15) is 0 Å². The molecule has 1 unspecified atom stereocenters. The van der Waals surface area contributed by atoms with E-state index in [1.807, 2.05) is 24.4 Å². The molecule has 1 N–H and O–H groups in total. The van der Waals surface area contributed by atoms with Gasteiger partial charge in [0.15, 0.2) is 0 Å². The van der Waals surface area contributed by atoms with Crippen molar-refractivity contribution < 1.29 is 4.74 Å². The maximum atomic E-state index is 5.67. The highest BCUT2D eigenvalue weighted by atomic mass is 16.5. The molecule has 1 saturated heterocycles. The van der Waals surface area contributed by atoms with Crippen molar-refractivity contribution in [3.63, 3.8) is 0 Å². The first kappa shape index (κ1) is 11.6. The van der Waals surface area contributed by atoms with Crippen LogP contribution < -0.4 is 5.32 Å². The smallest absolute Gasteiger partial charge is 0.0587 e. The quantitative estimate of drug-likeness (QED) is 0.772. The third-order valence-corrected chi connectivity index (χ3v) is 2.95. The molecule has 2 heterocycles. The molecule has 16 heavy (non-hydrogen) atoms. The number of aromatic nitrogens is 1. The first-order chi connectivity index (χ1) is 7.95. The van der Waals surface area contributed by atoms with Crippen LogP contribution in [0.3, 0.4) is 0 Å². The van der Waals surface area contributed by atoms with Crippen molar-refractivity contribution in [3.8, 4) is 0 Å². The summed E-state index contributed by atoms with van der Waals surface area (Å²) in [5.74, 6) is 0. The van der Waals surface area contributed by atoms with Gasteiger partial charge in [-0.05, 0) is 44.4 Å². The largest absolute Gasteiger partial charge is 0.378 e. The van der Waals surface area contributed by atoms with Crippen LogP contribution in [0.25, 0.3) is 0 Å². The van der Waals surface area contributed by atoms with Gasteiger partial charge in [-0.15, -0.1) is 0 Å². The summed E-state index contributed by atoms with van der Waals surface area (Å²) in [6, 6.07) is 6.01. The van der Waals surface area contributed by atoms with E-state index < -0.39 is 0 Å². The van der Waals surface area contributed by atoms with E-state index in [0.29, 0.717) is 6.10 Å². The van der Waals surface area contributed by atoms with Crippen molar-refractivity contribution in [3.05, 3.63) is 30.1 Å². The Morgan fingerprint density at radius 3 is 3.12 bits per heavy atom. The minimum absolute atomic E-state index is 0.477. The molecule has 0 radical (unpaired) electrons. The summed E-state index contributed by atoms with van der Waals surface area (Å²) in [7, 11) is 0. The summed E-state index contributed by atoms with van der Waals surface area (Å²) in [4.78, 5) is 4.27. The number of nitrogens with zero attached hydrogens (tertiary/aromatic N) is 1. The number of hydrogen-bond acceptors (Lipinski definition) is 3. The molecule has 0 amide bonds. The van der Waals surface area contributed by atoms with Gasteiger partial charge in [0.05, 0.1) is 11.8 Å². The van der Waals surface area contributed by atoms with E-state index >= 15 is 0 Å². The second-order valence-electron chi connectivity index (χ2n) is 4.28. The van der Waals surface area contributed by atoms with Crippen molar-refractivity contribution in [1.29, 1.82) is 0 Å². The third kappa shape index (κ3) is 3.91. The van der Waals surface area contributed by atoms with Crippen molar-refractivity contribution in [1.82, 2.24) is 10.3 Å². The summed E-state index contributed by atoms with van der Waals surface area (Å²) in [6.45, 7) is 2.82. The summed E-state index contributed by atoms with van der Waals surface area (Å²) in [5.41, 5.74) is 1.10. The average molecular weight is 220 g/mol. The minimum Gasteiger partial charge on any atom is -0.378 e. The van der Waals surface area contributed by atoms with Crippen LogP contribution in [0.5, 0.6) is 0 Å². The first-order valence-electron chi connectivity index (χ1n) is 6.17. The van der Waals surface area contributed by atoms with Crippen LogP contribution in [0.15, 0.2) is 24.4 Å². The monoisotopic (exact) mass is 220 g/mol. The molecule has 0 aliphatic carbocycles. The normalized spacial score (nSPS) is 20.9. The molecule has 1 aliphatic rings. The molecular formula is C13H20N2O. The molecule has 1 fully saturated rings. The maximum Gasteiger partial charge on any atom is 0.0587 e. The molecule has 3 nitrogen and oxygen atoms in total. The Morgan fingerprint density at radius 2 is 2.38 bits per heavy atom. The van der Waals surface area contributed by atoms with Gasteiger partial charge < -0.3 is 10.1 Å². The Morgan fingerprint density at radius 1 is 1.38 bits per heavy atom. The maximum absolute atomic E-state index is 5.67. The molecule has 1 atom stereocenters. The number of hydrogen-bond donors (Lipinski definition) is 1. The van der Waals surface area contributed by atoms with Crippen LogP contribution >= 0.6 is 0 Å². The van der Waals surface area contributed by atoms with Gasteiger partial charge in [0.2, 0.25) is 0 Å². The molecule has 0 bridgehead atoms. The fourth-order valence-electron chi connectivity index (χ4n) is 2.02. The van der Waals surface area contributed by atoms with E-state index in [0.717, 1.165) is 31.8 Å². The molecule has 88 valence electrons. The predicted octanol–water partition coefficient (Wildman–Crippen LogP) is 2.13. The van der Waals surface area contributed by atoms with Gasteiger partial charge in [0.25, 0.3) is 0 Å². The highest BCUT2D eigenvalue weighted by Crippen LogP contribution is 2.14. The van der Waals surface area contributed by atoms with Gasteiger partial charge in [-0.1, -0.05) is 6.07 Å². The van der Waals surface area contributed by atoms with E-state index in [4.69, 9.17) is 4.74 Å². The summed E-state index contributed by atoms with van der Waals surface area (Å²) in [5, 5.41) is 3.41. The summed E-state index contributed by atoms with van der Waals surface area (Å²) >= 11 is 0. The van der Waals surface area contributed by atoms with Gasteiger partial charge in [-0.25, -0.2) is 0 Å². The zero-order valence-electron chi connectivity index (χ0n) is 9.69. The molecule has 1 aliphatic heterocycles. The van der Waals surface area contributed by atoms with E-state index in [2.05, 4.69) is 10.3 Å². The lowest BCUT2D eigenvalue weighted by molar-refractivity contribution is 0.0115. The number of pyridine rings is 1. The number of rotatable bonds is 5. The fraction of sp³-hybridized carbons (Fsp3) is 0.615. The minimum atomic E-state index is 0.477. The van der Waals surface area contributed by atoms with Crippen molar-refractivity contribution in [2.45, 2.75) is 38.3 Å². The van der Waals surface area contributed by atoms with Gasteiger partial charge in [-0.3, -0.25) is 4.98 Å². The zero-order valence-corrected chi connectivity index (χ0v) is 9.69. The molecule has 1 aromatic rings. The average Bonchev–Trinajstić information content (AvgIpc) is 2.37. The topological polar surface area (TPSA) is 34.1 Å². The Hall–Kier alpha value is -0.930. The molecule has 0 aromatic carbocycles. The predicted molar refractivity (Wildman–Crippen MR) is 64.2 cm³/mol. The summed E-state index contributed by atoms with van der Waals surface area (Å²) < 4.78 is 5.67. The molecular weight excluding hydrogens is 200 g/mol. The number of nitrogens with one attached hydrogen (secondary N) is 1. The van der Waals surface area contributed by atoms with Crippen LogP contribution in [-0.2, 0) is 11.3 Å². The molecule has 1 aromatic heterocycles. The van der Waals surface area contributed by atoms with E-state index in [-0.39, 0.29) is 0 Å². The van der Waals surface area contributed by atoms with E-state index in [1.54, 1.807) is 0 Å². The SMILES string of the molecule is c1ccc(CNCCC2CCCCO2)nc1. The Labute approximate surface area is 97.2 Å². The fourth-order valence-corrected chi connectivity index (χ4v) is 2.02. The first-order valence-corrected chi connectivity index (χ1v) is 6.17.